The number of nitrogens with one attached hydrogen (secondary N) is 2. The van der Waals surface area contributed by atoms with Crippen molar-refractivity contribution in [2.75, 3.05) is 11.9 Å². The van der Waals surface area contributed by atoms with Gasteiger partial charge in [0.2, 0.25) is 0 Å². The fourth-order valence-electron chi connectivity index (χ4n) is 2.61. The minimum absolute atomic E-state index is 0.202. The number of anilines is 1. The van der Waals surface area contributed by atoms with Crippen LogP contribution in [0.15, 0.2) is 78.9 Å². The average Bonchev–Trinajstić information content (AvgIpc) is 2.70. The van der Waals surface area contributed by atoms with Gasteiger partial charge in [-0.1, -0.05) is 48.0 Å². The van der Waals surface area contributed by atoms with E-state index in [0.29, 0.717) is 28.4 Å². The topological polar surface area (TPSA) is 58.2 Å². The van der Waals surface area contributed by atoms with E-state index in [0.717, 1.165) is 12.0 Å². The highest BCUT2D eigenvalue weighted by molar-refractivity contribution is 6.30. The molecule has 0 radical (unpaired) electrons. The number of hydrogen-bond acceptors (Lipinski definition) is 2. The van der Waals surface area contributed by atoms with Gasteiger partial charge in [0.05, 0.1) is 0 Å². The van der Waals surface area contributed by atoms with Gasteiger partial charge in [0.25, 0.3) is 11.8 Å². The molecule has 0 aliphatic heterocycles. The molecular formula is C22H19ClN2O2. The summed E-state index contributed by atoms with van der Waals surface area (Å²) in [6, 6.07) is 23.4. The summed E-state index contributed by atoms with van der Waals surface area (Å²) in [5.41, 5.74) is 2.67. The first-order valence-electron chi connectivity index (χ1n) is 8.61. The fourth-order valence-corrected chi connectivity index (χ4v) is 2.73. The summed E-state index contributed by atoms with van der Waals surface area (Å²) < 4.78 is 0. The largest absolute Gasteiger partial charge is 0.352 e. The SMILES string of the molecule is O=C(NCCc1ccccc1)c1cccc(C(=O)Nc2ccc(Cl)cc2)c1. The third-order valence-corrected chi connectivity index (χ3v) is 4.28. The van der Waals surface area contributed by atoms with E-state index < -0.39 is 0 Å². The van der Waals surface area contributed by atoms with Gasteiger partial charge in [-0.05, 0) is 54.4 Å². The Balaban J connectivity index is 1.59. The van der Waals surface area contributed by atoms with Gasteiger partial charge >= 0.3 is 0 Å². The molecule has 3 rings (SSSR count). The van der Waals surface area contributed by atoms with Gasteiger partial charge in [0.15, 0.2) is 0 Å². The standard InChI is InChI=1S/C22H19ClN2O2/c23-19-9-11-20(12-10-19)25-22(27)18-8-4-7-17(15-18)21(26)24-14-13-16-5-2-1-3-6-16/h1-12,15H,13-14H2,(H,24,26)(H,25,27). The molecule has 5 heteroatoms. The summed E-state index contributed by atoms with van der Waals surface area (Å²) in [6.45, 7) is 0.532. The molecule has 4 nitrogen and oxygen atoms in total. The van der Waals surface area contributed by atoms with Crippen LogP contribution in [0.25, 0.3) is 0 Å². The van der Waals surface area contributed by atoms with Crippen LogP contribution in [0.1, 0.15) is 26.3 Å². The maximum atomic E-state index is 12.4. The van der Waals surface area contributed by atoms with Crippen LogP contribution in [-0.2, 0) is 6.42 Å². The van der Waals surface area contributed by atoms with E-state index in [1.807, 2.05) is 30.3 Å². The average molecular weight is 379 g/mol. The lowest BCUT2D eigenvalue weighted by molar-refractivity contribution is 0.0954. The van der Waals surface area contributed by atoms with Crippen molar-refractivity contribution in [3.63, 3.8) is 0 Å². The van der Waals surface area contributed by atoms with Crippen molar-refractivity contribution in [2.45, 2.75) is 6.42 Å². The Hall–Kier alpha value is -3.11. The third kappa shape index (κ3) is 5.43. The van der Waals surface area contributed by atoms with Gasteiger partial charge in [0.1, 0.15) is 0 Å². The van der Waals surface area contributed by atoms with Crippen LogP contribution in [0.5, 0.6) is 0 Å². The van der Waals surface area contributed by atoms with Crippen LogP contribution >= 0.6 is 11.6 Å². The predicted octanol–water partition coefficient (Wildman–Crippen LogP) is 4.56. The number of rotatable bonds is 6. The molecule has 0 fully saturated rings. The zero-order chi connectivity index (χ0) is 19.1. The van der Waals surface area contributed by atoms with Gasteiger partial charge in [-0.25, -0.2) is 0 Å². The molecule has 0 spiro atoms. The lowest BCUT2D eigenvalue weighted by atomic mass is 10.1. The van der Waals surface area contributed by atoms with Crippen LogP contribution in [0.3, 0.4) is 0 Å². The van der Waals surface area contributed by atoms with E-state index in [2.05, 4.69) is 10.6 Å². The van der Waals surface area contributed by atoms with E-state index in [1.54, 1.807) is 48.5 Å². The Bertz CT molecular complexity index is 925. The second-order valence-electron chi connectivity index (χ2n) is 6.03. The van der Waals surface area contributed by atoms with Crippen LogP contribution in [-0.4, -0.2) is 18.4 Å². The summed E-state index contributed by atoms with van der Waals surface area (Å²) >= 11 is 5.84. The first-order chi connectivity index (χ1) is 13.1. The molecule has 3 aromatic carbocycles. The smallest absolute Gasteiger partial charge is 0.255 e. The molecule has 0 heterocycles. The highest BCUT2D eigenvalue weighted by Crippen LogP contribution is 2.15. The summed E-state index contributed by atoms with van der Waals surface area (Å²) in [4.78, 5) is 24.7. The summed E-state index contributed by atoms with van der Waals surface area (Å²) in [7, 11) is 0. The van der Waals surface area contributed by atoms with Gasteiger partial charge < -0.3 is 10.6 Å². The number of benzene rings is 3. The molecule has 0 atom stereocenters. The first kappa shape index (κ1) is 18.7. The van der Waals surface area contributed by atoms with Gasteiger partial charge in [-0.3, -0.25) is 9.59 Å². The molecule has 0 saturated carbocycles. The molecule has 136 valence electrons. The second-order valence-corrected chi connectivity index (χ2v) is 6.47. The lowest BCUT2D eigenvalue weighted by Crippen LogP contribution is -2.26. The lowest BCUT2D eigenvalue weighted by Gasteiger charge is -2.08. The maximum absolute atomic E-state index is 12.4. The van der Waals surface area contributed by atoms with E-state index in [1.165, 1.54) is 0 Å². The van der Waals surface area contributed by atoms with Gasteiger partial charge in [-0.2, -0.15) is 0 Å². The van der Waals surface area contributed by atoms with Gasteiger partial charge in [0, 0.05) is 28.4 Å². The Kier molecular flexibility index (Phi) is 6.23. The fraction of sp³-hybridized carbons (Fsp3) is 0.0909. The third-order valence-electron chi connectivity index (χ3n) is 4.03. The molecule has 27 heavy (non-hydrogen) atoms. The summed E-state index contributed by atoms with van der Waals surface area (Å²) in [5.74, 6) is -0.483. The molecule has 0 bridgehead atoms. The van der Waals surface area contributed by atoms with E-state index in [4.69, 9.17) is 11.6 Å². The Labute approximate surface area is 163 Å². The van der Waals surface area contributed by atoms with E-state index >= 15 is 0 Å². The molecule has 2 amide bonds. The van der Waals surface area contributed by atoms with Crippen molar-refractivity contribution >= 4 is 29.1 Å². The van der Waals surface area contributed by atoms with Crippen molar-refractivity contribution in [1.82, 2.24) is 5.32 Å². The number of carbonyl (C=O) groups excluding carboxylic acids is 2. The summed E-state index contributed by atoms with van der Waals surface area (Å²) in [6.07, 6.45) is 0.753. The molecule has 0 aromatic heterocycles. The number of carbonyl (C=O) groups is 2. The van der Waals surface area contributed by atoms with Crippen LogP contribution in [0.4, 0.5) is 5.69 Å². The van der Waals surface area contributed by atoms with Crippen molar-refractivity contribution < 1.29 is 9.59 Å². The molecular weight excluding hydrogens is 360 g/mol. The number of hydrogen-bond donors (Lipinski definition) is 2. The zero-order valence-corrected chi connectivity index (χ0v) is 15.4. The summed E-state index contributed by atoms with van der Waals surface area (Å²) in [5, 5.41) is 6.27. The Morgan fingerprint density at radius 2 is 1.44 bits per heavy atom. The monoisotopic (exact) mass is 378 g/mol. The van der Waals surface area contributed by atoms with Crippen LogP contribution < -0.4 is 10.6 Å². The predicted molar refractivity (Wildman–Crippen MR) is 108 cm³/mol. The van der Waals surface area contributed by atoms with Crippen LogP contribution in [0, 0.1) is 0 Å². The molecule has 0 unspecified atom stereocenters. The highest BCUT2D eigenvalue weighted by Gasteiger charge is 2.10. The Morgan fingerprint density at radius 3 is 2.15 bits per heavy atom. The van der Waals surface area contributed by atoms with Crippen molar-refractivity contribution in [3.05, 3.63) is 101 Å². The molecule has 0 aliphatic carbocycles. The molecule has 0 aliphatic rings. The van der Waals surface area contributed by atoms with Crippen molar-refractivity contribution in [2.24, 2.45) is 0 Å². The van der Waals surface area contributed by atoms with Crippen LogP contribution in [0.2, 0.25) is 5.02 Å². The number of halogens is 1. The van der Waals surface area contributed by atoms with Crippen molar-refractivity contribution in [1.29, 1.82) is 0 Å². The number of amides is 2. The highest BCUT2D eigenvalue weighted by atomic mass is 35.5. The van der Waals surface area contributed by atoms with E-state index in [-0.39, 0.29) is 11.8 Å². The zero-order valence-electron chi connectivity index (χ0n) is 14.6. The molecule has 2 N–H and O–H groups in total. The first-order valence-corrected chi connectivity index (χ1v) is 8.99. The second kappa shape index (κ2) is 9.01. The molecule has 3 aromatic rings. The normalized spacial score (nSPS) is 10.3. The molecule has 0 saturated heterocycles. The quantitative estimate of drug-likeness (QED) is 0.660. The van der Waals surface area contributed by atoms with E-state index in [9.17, 15) is 9.59 Å². The maximum Gasteiger partial charge on any atom is 0.255 e. The minimum Gasteiger partial charge on any atom is -0.352 e. The Morgan fingerprint density at radius 1 is 0.778 bits per heavy atom. The van der Waals surface area contributed by atoms with Crippen molar-refractivity contribution in [3.8, 4) is 0 Å². The minimum atomic E-state index is -0.281. The van der Waals surface area contributed by atoms with Gasteiger partial charge in [-0.15, -0.1) is 0 Å².